The lowest BCUT2D eigenvalue weighted by Gasteiger charge is -2.15. The predicted octanol–water partition coefficient (Wildman–Crippen LogP) is 3.39. The Hall–Kier alpha value is -2.66. The summed E-state index contributed by atoms with van der Waals surface area (Å²) in [5.74, 6) is 2.72. The summed E-state index contributed by atoms with van der Waals surface area (Å²) < 4.78 is 12.0. The molecule has 4 heterocycles. The van der Waals surface area contributed by atoms with Crippen molar-refractivity contribution in [3.63, 3.8) is 0 Å². The van der Waals surface area contributed by atoms with E-state index >= 15 is 0 Å². The van der Waals surface area contributed by atoms with E-state index < -0.39 is 0 Å². The van der Waals surface area contributed by atoms with Crippen LogP contribution < -0.4 is 4.74 Å². The second kappa shape index (κ2) is 6.84. The first-order chi connectivity index (χ1) is 11.9. The zero-order valence-electron chi connectivity index (χ0n) is 13.3. The van der Waals surface area contributed by atoms with Gasteiger partial charge in [0.15, 0.2) is 0 Å². The summed E-state index contributed by atoms with van der Waals surface area (Å²) in [5.41, 5.74) is 1.00. The summed E-state index contributed by atoms with van der Waals surface area (Å²) in [6.45, 7) is 2.72. The maximum atomic E-state index is 6.00. The molecule has 3 aromatic rings. The molecule has 5 nitrogen and oxygen atoms in total. The van der Waals surface area contributed by atoms with Gasteiger partial charge >= 0.3 is 0 Å². The van der Waals surface area contributed by atoms with E-state index in [2.05, 4.69) is 14.9 Å². The minimum atomic E-state index is 0.222. The van der Waals surface area contributed by atoms with Crippen molar-refractivity contribution in [2.45, 2.75) is 19.1 Å². The molecule has 1 saturated heterocycles. The zero-order valence-corrected chi connectivity index (χ0v) is 13.3. The lowest BCUT2D eigenvalue weighted by Crippen LogP contribution is -2.24. The van der Waals surface area contributed by atoms with Crippen molar-refractivity contribution in [2.75, 3.05) is 13.1 Å². The van der Waals surface area contributed by atoms with E-state index in [0.29, 0.717) is 0 Å². The Morgan fingerprint density at radius 2 is 2.00 bits per heavy atom. The van der Waals surface area contributed by atoms with Gasteiger partial charge in [-0.05, 0) is 42.8 Å². The Balaban J connectivity index is 1.34. The lowest BCUT2D eigenvalue weighted by atomic mass is 10.2. The van der Waals surface area contributed by atoms with E-state index in [4.69, 9.17) is 9.15 Å². The molecule has 1 fully saturated rings. The number of likely N-dealkylation sites (tertiary alicyclic amines) is 1. The molecule has 24 heavy (non-hydrogen) atoms. The standard InChI is InChI=1S/C19H19N3O2/c1-2-15(12-21-8-1)19-4-3-17(24-19)13-22-11-7-18(14-22)23-16-5-9-20-10-6-16/h1-6,8-10,12,18H,7,11,13-14H2/t18-/m1/s1. The Labute approximate surface area is 140 Å². The highest BCUT2D eigenvalue weighted by Gasteiger charge is 2.24. The van der Waals surface area contributed by atoms with E-state index in [1.54, 1.807) is 18.6 Å². The van der Waals surface area contributed by atoms with Crippen LogP contribution in [-0.4, -0.2) is 34.1 Å². The molecule has 3 aromatic heterocycles. The Kier molecular flexibility index (Phi) is 4.25. The summed E-state index contributed by atoms with van der Waals surface area (Å²) in [4.78, 5) is 10.5. The first kappa shape index (κ1) is 14.9. The van der Waals surface area contributed by atoms with Gasteiger partial charge in [0.2, 0.25) is 0 Å². The molecule has 1 atom stereocenters. The highest BCUT2D eigenvalue weighted by Crippen LogP contribution is 2.24. The fourth-order valence-corrected chi connectivity index (χ4v) is 2.99. The summed E-state index contributed by atoms with van der Waals surface area (Å²) in [7, 11) is 0. The molecule has 0 spiro atoms. The van der Waals surface area contributed by atoms with Gasteiger partial charge in [-0.25, -0.2) is 0 Å². The number of nitrogens with zero attached hydrogens (tertiary/aromatic N) is 3. The van der Waals surface area contributed by atoms with Crippen molar-refractivity contribution in [2.24, 2.45) is 0 Å². The summed E-state index contributed by atoms with van der Waals surface area (Å²) in [6.07, 6.45) is 8.34. The molecule has 0 aromatic carbocycles. The molecule has 0 amide bonds. The number of aromatic nitrogens is 2. The van der Waals surface area contributed by atoms with Crippen LogP contribution in [0.15, 0.2) is 65.6 Å². The maximum Gasteiger partial charge on any atom is 0.135 e. The third-order valence-electron chi connectivity index (χ3n) is 4.17. The molecule has 0 saturated carbocycles. The molecule has 0 bridgehead atoms. The number of pyridine rings is 2. The van der Waals surface area contributed by atoms with Crippen molar-refractivity contribution >= 4 is 0 Å². The molecule has 0 unspecified atom stereocenters. The Morgan fingerprint density at radius 3 is 2.83 bits per heavy atom. The second-order valence-electron chi connectivity index (χ2n) is 5.95. The number of hydrogen-bond acceptors (Lipinski definition) is 5. The molecule has 5 heteroatoms. The summed E-state index contributed by atoms with van der Waals surface area (Å²) in [6, 6.07) is 11.8. The summed E-state index contributed by atoms with van der Waals surface area (Å²) >= 11 is 0. The van der Waals surface area contributed by atoms with E-state index in [1.807, 2.05) is 42.6 Å². The molecule has 0 radical (unpaired) electrons. The van der Waals surface area contributed by atoms with E-state index in [0.717, 1.165) is 48.9 Å². The minimum absolute atomic E-state index is 0.222. The average molecular weight is 321 g/mol. The molecule has 0 aliphatic carbocycles. The van der Waals surface area contributed by atoms with Crippen LogP contribution in [0, 0.1) is 0 Å². The van der Waals surface area contributed by atoms with Crippen molar-refractivity contribution in [3.05, 3.63) is 66.9 Å². The van der Waals surface area contributed by atoms with Gasteiger partial charge in [-0.1, -0.05) is 0 Å². The van der Waals surface area contributed by atoms with Gasteiger partial charge < -0.3 is 9.15 Å². The fraction of sp³-hybridized carbons (Fsp3) is 0.263. The molecule has 0 N–H and O–H groups in total. The van der Waals surface area contributed by atoms with Crippen molar-refractivity contribution in [1.82, 2.24) is 14.9 Å². The van der Waals surface area contributed by atoms with Crippen molar-refractivity contribution in [1.29, 1.82) is 0 Å². The Morgan fingerprint density at radius 1 is 1.08 bits per heavy atom. The van der Waals surface area contributed by atoms with Crippen molar-refractivity contribution < 1.29 is 9.15 Å². The van der Waals surface area contributed by atoms with Crippen LogP contribution in [0.5, 0.6) is 5.75 Å². The Bertz CT molecular complexity index is 774. The van der Waals surface area contributed by atoms with Gasteiger partial charge in [-0.15, -0.1) is 0 Å². The monoisotopic (exact) mass is 321 g/mol. The predicted molar refractivity (Wildman–Crippen MR) is 90.5 cm³/mol. The van der Waals surface area contributed by atoms with E-state index in [1.165, 1.54) is 0 Å². The molecular weight excluding hydrogens is 302 g/mol. The number of ether oxygens (including phenoxy) is 1. The minimum Gasteiger partial charge on any atom is -0.489 e. The van der Waals surface area contributed by atoms with Crippen molar-refractivity contribution in [3.8, 4) is 17.1 Å². The van der Waals surface area contributed by atoms with Crippen LogP contribution in [0.25, 0.3) is 11.3 Å². The van der Waals surface area contributed by atoms with E-state index in [-0.39, 0.29) is 6.10 Å². The van der Waals surface area contributed by atoms with Crippen LogP contribution in [-0.2, 0) is 6.54 Å². The fourth-order valence-electron chi connectivity index (χ4n) is 2.99. The molecule has 4 rings (SSSR count). The van der Waals surface area contributed by atoms with Crippen LogP contribution in [0.4, 0.5) is 0 Å². The first-order valence-corrected chi connectivity index (χ1v) is 8.15. The molecule has 122 valence electrons. The summed E-state index contributed by atoms with van der Waals surface area (Å²) in [5, 5.41) is 0. The van der Waals surface area contributed by atoms with E-state index in [9.17, 15) is 0 Å². The van der Waals surface area contributed by atoms with Crippen LogP contribution in [0.2, 0.25) is 0 Å². The van der Waals surface area contributed by atoms with Gasteiger partial charge in [0.05, 0.1) is 6.54 Å². The molecule has 1 aliphatic rings. The lowest BCUT2D eigenvalue weighted by molar-refractivity contribution is 0.194. The SMILES string of the molecule is c1cncc(-c2ccc(CN3CC[C@@H](Oc4ccncc4)C3)o2)c1. The average Bonchev–Trinajstić information content (AvgIpc) is 3.27. The maximum absolute atomic E-state index is 6.00. The largest absolute Gasteiger partial charge is 0.489 e. The smallest absolute Gasteiger partial charge is 0.135 e. The van der Waals surface area contributed by atoms with Gasteiger partial charge in [-0.3, -0.25) is 14.9 Å². The highest BCUT2D eigenvalue weighted by atomic mass is 16.5. The quantitative estimate of drug-likeness (QED) is 0.721. The number of furan rings is 1. The molecule has 1 aliphatic heterocycles. The van der Waals surface area contributed by atoms with Crippen LogP contribution in [0.3, 0.4) is 0 Å². The second-order valence-corrected chi connectivity index (χ2v) is 5.95. The van der Waals surface area contributed by atoms with Crippen LogP contribution >= 0.6 is 0 Å². The molecular formula is C19H19N3O2. The first-order valence-electron chi connectivity index (χ1n) is 8.15. The highest BCUT2D eigenvalue weighted by molar-refractivity contribution is 5.55. The number of rotatable bonds is 5. The third-order valence-corrected chi connectivity index (χ3v) is 4.17. The van der Waals surface area contributed by atoms with Crippen LogP contribution in [0.1, 0.15) is 12.2 Å². The van der Waals surface area contributed by atoms with Gasteiger partial charge in [0.25, 0.3) is 0 Å². The number of hydrogen-bond donors (Lipinski definition) is 0. The zero-order chi connectivity index (χ0) is 16.2. The van der Waals surface area contributed by atoms with Gasteiger partial charge in [0.1, 0.15) is 23.4 Å². The topological polar surface area (TPSA) is 51.4 Å². The third kappa shape index (κ3) is 3.46. The normalized spacial score (nSPS) is 17.9. The van der Waals surface area contributed by atoms with Gasteiger partial charge in [-0.2, -0.15) is 0 Å². The van der Waals surface area contributed by atoms with Gasteiger partial charge in [0, 0.05) is 43.4 Å².